The van der Waals surface area contributed by atoms with Crippen LogP contribution < -0.4 is 4.74 Å². The van der Waals surface area contributed by atoms with E-state index in [0.717, 1.165) is 39.8 Å². The molecule has 0 spiro atoms. The first-order valence-electron chi connectivity index (χ1n) is 11.4. The van der Waals surface area contributed by atoms with Crippen LogP contribution in [0.3, 0.4) is 0 Å². The first-order chi connectivity index (χ1) is 16.3. The smallest absolute Gasteiger partial charge is 0.307 e. The van der Waals surface area contributed by atoms with Crippen LogP contribution in [0.15, 0.2) is 60.3 Å². The molecule has 0 fully saturated rings. The molecule has 0 bridgehead atoms. The van der Waals surface area contributed by atoms with E-state index in [1.54, 1.807) is 0 Å². The number of rotatable bonds is 12. The van der Waals surface area contributed by atoms with Gasteiger partial charge in [-0.2, -0.15) is 0 Å². The van der Waals surface area contributed by atoms with Crippen molar-refractivity contribution in [2.75, 3.05) is 6.61 Å². The van der Waals surface area contributed by atoms with E-state index in [2.05, 4.69) is 19.9 Å². The van der Waals surface area contributed by atoms with Crippen molar-refractivity contribution < 1.29 is 24.5 Å². The van der Waals surface area contributed by atoms with Gasteiger partial charge in [0.1, 0.15) is 5.75 Å². The summed E-state index contributed by atoms with van der Waals surface area (Å²) in [4.78, 5) is 22.3. The summed E-state index contributed by atoms with van der Waals surface area (Å²) in [5.74, 6) is -0.915. The second-order valence-electron chi connectivity index (χ2n) is 8.48. The number of aryl methyl sites for hydroxylation is 1. The number of hydrogen-bond acceptors (Lipinski definition) is 3. The molecule has 1 heterocycles. The number of carbonyl (C=O) groups is 2. The molecule has 0 unspecified atom stereocenters. The van der Waals surface area contributed by atoms with E-state index >= 15 is 0 Å². The Morgan fingerprint density at radius 2 is 1.76 bits per heavy atom. The number of allylic oxidation sites excluding steroid dienone is 1. The van der Waals surface area contributed by atoms with E-state index in [-0.39, 0.29) is 12.8 Å². The number of nitrogens with zero attached hydrogens (tertiary/aromatic N) is 1. The molecule has 0 saturated heterocycles. The topological polar surface area (TPSA) is 88.8 Å². The van der Waals surface area contributed by atoms with Crippen molar-refractivity contribution in [3.63, 3.8) is 0 Å². The Kier molecular flexibility index (Phi) is 8.68. The number of hydrogen-bond donors (Lipinski definition) is 2. The highest BCUT2D eigenvalue weighted by Crippen LogP contribution is 2.28. The average Bonchev–Trinajstić information content (AvgIpc) is 3.13. The van der Waals surface area contributed by atoms with Gasteiger partial charge >= 0.3 is 11.9 Å². The van der Waals surface area contributed by atoms with E-state index in [4.69, 9.17) is 9.84 Å². The Balaban J connectivity index is 1.80. The van der Waals surface area contributed by atoms with Crippen molar-refractivity contribution in [1.29, 1.82) is 0 Å². The third-order valence-electron chi connectivity index (χ3n) is 5.42. The molecule has 0 saturated carbocycles. The lowest BCUT2D eigenvalue weighted by molar-refractivity contribution is -0.137. The highest BCUT2D eigenvalue weighted by atomic mass is 16.5. The minimum atomic E-state index is -0.899. The first-order valence-corrected chi connectivity index (χ1v) is 11.4. The molecule has 1 aromatic heterocycles. The van der Waals surface area contributed by atoms with Crippen molar-refractivity contribution >= 4 is 35.0 Å². The Morgan fingerprint density at radius 1 is 1.00 bits per heavy atom. The molecule has 0 atom stereocenters. The number of carboxylic acid groups (broad SMARTS) is 2. The fourth-order valence-corrected chi connectivity index (χ4v) is 3.88. The number of fused-ring (bicyclic) bond motifs is 1. The van der Waals surface area contributed by atoms with Crippen molar-refractivity contribution in [2.24, 2.45) is 0 Å². The zero-order valence-electron chi connectivity index (χ0n) is 19.7. The lowest BCUT2D eigenvalue weighted by Crippen LogP contribution is -2.01. The molecule has 0 aliphatic heterocycles. The first kappa shape index (κ1) is 24.8. The van der Waals surface area contributed by atoms with Crippen molar-refractivity contribution in [3.8, 4) is 5.75 Å². The number of aliphatic carboxylic acids is 2. The van der Waals surface area contributed by atoms with Crippen LogP contribution in [-0.4, -0.2) is 33.3 Å². The third-order valence-corrected chi connectivity index (χ3v) is 5.42. The lowest BCUT2D eigenvalue weighted by Gasteiger charge is -2.06. The van der Waals surface area contributed by atoms with Crippen LogP contribution >= 0.6 is 0 Å². The van der Waals surface area contributed by atoms with Gasteiger partial charge in [0.15, 0.2) is 0 Å². The van der Waals surface area contributed by atoms with Gasteiger partial charge in [0.2, 0.25) is 0 Å². The van der Waals surface area contributed by atoms with Gasteiger partial charge < -0.3 is 19.5 Å². The van der Waals surface area contributed by atoms with Crippen LogP contribution in [0.25, 0.3) is 23.1 Å². The highest BCUT2D eigenvalue weighted by Gasteiger charge is 2.14. The van der Waals surface area contributed by atoms with Crippen LogP contribution in [0.5, 0.6) is 5.75 Å². The van der Waals surface area contributed by atoms with E-state index in [1.807, 2.05) is 65.4 Å². The summed E-state index contributed by atoms with van der Waals surface area (Å²) in [6, 6.07) is 13.7. The van der Waals surface area contributed by atoms with E-state index in [9.17, 15) is 14.7 Å². The standard InChI is InChI=1S/C28H31NO5/c1-20(2)6-5-17-34-24-14-11-21(12-15-24)10-13-22-7-3-8-25-28(22)23(18-27(32)33)19-29(25)16-4-9-26(30)31/h3,6-8,10-15,19H,4-5,9,16-18H2,1-2H3,(H,30,31)(H,32,33). The molecule has 0 aliphatic rings. The van der Waals surface area contributed by atoms with Gasteiger partial charge in [-0.25, -0.2) is 0 Å². The molecule has 0 amide bonds. The van der Waals surface area contributed by atoms with Gasteiger partial charge in [-0.3, -0.25) is 9.59 Å². The van der Waals surface area contributed by atoms with Crippen molar-refractivity contribution in [3.05, 3.63) is 77.0 Å². The van der Waals surface area contributed by atoms with Crippen LogP contribution in [-0.2, 0) is 22.6 Å². The summed E-state index contributed by atoms with van der Waals surface area (Å²) in [5.41, 5.74) is 4.84. The molecule has 34 heavy (non-hydrogen) atoms. The molecule has 6 heteroatoms. The molecular formula is C28H31NO5. The maximum Gasteiger partial charge on any atom is 0.307 e. The van der Waals surface area contributed by atoms with Gasteiger partial charge in [0, 0.05) is 30.1 Å². The number of carboxylic acids is 2. The monoisotopic (exact) mass is 461 g/mol. The lowest BCUT2D eigenvalue weighted by atomic mass is 10.0. The quantitative estimate of drug-likeness (QED) is 0.195. The Labute approximate surface area is 199 Å². The number of benzene rings is 2. The minimum Gasteiger partial charge on any atom is -0.493 e. The molecule has 2 N–H and O–H groups in total. The van der Waals surface area contributed by atoms with Gasteiger partial charge in [0.25, 0.3) is 0 Å². The fourth-order valence-electron chi connectivity index (χ4n) is 3.88. The summed E-state index contributed by atoms with van der Waals surface area (Å²) in [7, 11) is 0. The third kappa shape index (κ3) is 7.10. The summed E-state index contributed by atoms with van der Waals surface area (Å²) in [6.45, 7) is 5.30. The Bertz CT molecular complexity index is 1200. The summed E-state index contributed by atoms with van der Waals surface area (Å²) in [6.07, 6.45) is 9.30. The summed E-state index contributed by atoms with van der Waals surface area (Å²) >= 11 is 0. The Morgan fingerprint density at radius 3 is 2.44 bits per heavy atom. The van der Waals surface area contributed by atoms with Gasteiger partial charge in [-0.1, -0.05) is 48.1 Å². The maximum absolute atomic E-state index is 11.5. The van der Waals surface area contributed by atoms with Gasteiger partial charge in [0.05, 0.1) is 13.0 Å². The normalized spacial score (nSPS) is 11.1. The second kappa shape index (κ2) is 11.9. The molecule has 3 aromatic rings. The fraction of sp³-hybridized carbons (Fsp3) is 0.286. The van der Waals surface area contributed by atoms with Crippen LogP contribution in [0.1, 0.15) is 49.8 Å². The van der Waals surface area contributed by atoms with Crippen molar-refractivity contribution in [2.45, 2.75) is 46.1 Å². The van der Waals surface area contributed by atoms with E-state index in [1.165, 1.54) is 5.57 Å². The zero-order chi connectivity index (χ0) is 24.5. The second-order valence-corrected chi connectivity index (χ2v) is 8.48. The molecular weight excluding hydrogens is 430 g/mol. The van der Waals surface area contributed by atoms with Gasteiger partial charge in [-0.15, -0.1) is 0 Å². The van der Waals surface area contributed by atoms with Crippen LogP contribution in [0.2, 0.25) is 0 Å². The molecule has 0 aliphatic carbocycles. The maximum atomic E-state index is 11.5. The van der Waals surface area contributed by atoms with Crippen LogP contribution in [0, 0.1) is 0 Å². The SMILES string of the molecule is CC(C)=CCCOc1ccc(C=Cc2cccc3c2c(CC(=O)O)cn3CCCC(=O)O)cc1. The predicted molar refractivity (Wildman–Crippen MR) is 135 cm³/mol. The average molecular weight is 462 g/mol. The molecule has 3 rings (SSSR count). The minimum absolute atomic E-state index is 0.0716. The summed E-state index contributed by atoms with van der Waals surface area (Å²) < 4.78 is 7.72. The number of aromatic nitrogens is 1. The van der Waals surface area contributed by atoms with Crippen molar-refractivity contribution in [1.82, 2.24) is 4.57 Å². The molecule has 6 nitrogen and oxygen atoms in total. The predicted octanol–water partition coefficient (Wildman–Crippen LogP) is 6.04. The largest absolute Gasteiger partial charge is 0.493 e. The van der Waals surface area contributed by atoms with E-state index in [0.29, 0.717) is 19.6 Å². The Hall–Kier alpha value is -3.80. The number of ether oxygens (including phenoxy) is 1. The van der Waals surface area contributed by atoms with Gasteiger partial charge in [-0.05, 0) is 61.6 Å². The zero-order valence-corrected chi connectivity index (χ0v) is 19.7. The molecule has 2 aromatic carbocycles. The molecule has 0 radical (unpaired) electrons. The summed E-state index contributed by atoms with van der Waals surface area (Å²) in [5, 5.41) is 19.2. The van der Waals surface area contributed by atoms with E-state index < -0.39 is 11.9 Å². The van der Waals surface area contributed by atoms with Crippen LogP contribution in [0.4, 0.5) is 0 Å². The highest BCUT2D eigenvalue weighted by molar-refractivity contribution is 5.96. The molecule has 178 valence electrons.